The van der Waals surface area contributed by atoms with E-state index in [0.29, 0.717) is 18.6 Å². The minimum Gasteiger partial charge on any atom is -0.378 e. The van der Waals surface area contributed by atoms with Gasteiger partial charge in [0.05, 0.1) is 18.1 Å². The molecule has 2 aliphatic carbocycles. The fourth-order valence-corrected chi connectivity index (χ4v) is 3.91. The van der Waals surface area contributed by atoms with Crippen LogP contribution in [0.4, 0.5) is 0 Å². The number of hydrogen-bond acceptors (Lipinski definition) is 3. The minimum atomic E-state index is 0.0453. The van der Waals surface area contributed by atoms with E-state index in [2.05, 4.69) is 23.4 Å². The molecule has 1 heterocycles. The second-order valence-corrected chi connectivity index (χ2v) is 7.29. The maximum absolute atomic E-state index is 12.5. The van der Waals surface area contributed by atoms with E-state index in [4.69, 9.17) is 4.74 Å². The van der Waals surface area contributed by atoms with Gasteiger partial charge in [-0.1, -0.05) is 13.8 Å². The van der Waals surface area contributed by atoms with Crippen molar-refractivity contribution in [1.82, 2.24) is 9.55 Å². The summed E-state index contributed by atoms with van der Waals surface area (Å²) < 4.78 is 7.95. The fourth-order valence-electron chi connectivity index (χ4n) is 3.91. The first kappa shape index (κ1) is 14.8. The number of ether oxygens (including phenoxy) is 1. The van der Waals surface area contributed by atoms with Crippen LogP contribution in [-0.2, 0) is 11.2 Å². The highest BCUT2D eigenvalue weighted by Crippen LogP contribution is 2.37. The van der Waals surface area contributed by atoms with E-state index in [-0.39, 0.29) is 11.2 Å². The fraction of sp³-hybridized carbons (Fsp3) is 0.765. The molecule has 21 heavy (non-hydrogen) atoms. The zero-order chi connectivity index (χ0) is 15.0. The molecule has 1 aromatic rings. The summed E-state index contributed by atoms with van der Waals surface area (Å²) in [5.41, 5.74) is 1.91. The summed E-state index contributed by atoms with van der Waals surface area (Å²) in [5.74, 6) is 0.261. The Balaban J connectivity index is 1.84. The van der Waals surface area contributed by atoms with Crippen molar-refractivity contribution in [1.29, 1.82) is 0 Å². The van der Waals surface area contributed by atoms with Crippen LogP contribution in [0.25, 0.3) is 0 Å². The number of nitrogens with zero attached hydrogens (tertiary/aromatic N) is 2. The lowest BCUT2D eigenvalue weighted by molar-refractivity contribution is 0.0220. The minimum absolute atomic E-state index is 0.0453. The van der Waals surface area contributed by atoms with Gasteiger partial charge in [-0.15, -0.1) is 0 Å². The number of hydrogen-bond donors (Lipinski definition) is 0. The Hall–Kier alpha value is -1.16. The summed E-state index contributed by atoms with van der Waals surface area (Å²) in [6.45, 7) is 7.12. The average molecular weight is 290 g/mol. The molecule has 2 aliphatic rings. The highest BCUT2D eigenvalue weighted by atomic mass is 16.5. The van der Waals surface area contributed by atoms with E-state index in [0.717, 1.165) is 43.7 Å². The van der Waals surface area contributed by atoms with Crippen molar-refractivity contribution in [3.63, 3.8) is 0 Å². The van der Waals surface area contributed by atoms with Gasteiger partial charge in [-0.3, -0.25) is 4.79 Å². The van der Waals surface area contributed by atoms with Gasteiger partial charge >= 0.3 is 0 Å². The van der Waals surface area contributed by atoms with Gasteiger partial charge in [0.1, 0.15) is 5.69 Å². The van der Waals surface area contributed by atoms with Crippen molar-refractivity contribution in [2.75, 3.05) is 6.61 Å². The van der Waals surface area contributed by atoms with Crippen molar-refractivity contribution in [2.45, 2.75) is 71.4 Å². The Labute approximate surface area is 126 Å². The van der Waals surface area contributed by atoms with Gasteiger partial charge in [-0.25, -0.2) is 4.98 Å². The number of ketones is 1. The molecule has 0 spiro atoms. The summed E-state index contributed by atoms with van der Waals surface area (Å²) in [6.07, 6.45) is 8.21. The third-order valence-corrected chi connectivity index (χ3v) is 4.81. The molecule has 0 radical (unpaired) electrons. The third-order valence-electron chi connectivity index (χ3n) is 4.81. The largest absolute Gasteiger partial charge is 0.378 e. The summed E-state index contributed by atoms with van der Waals surface area (Å²) in [6, 6.07) is 0.372. The molecule has 1 saturated carbocycles. The Morgan fingerprint density at radius 3 is 2.95 bits per heavy atom. The molecule has 0 N–H and O–H groups in total. The number of carbonyl (C=O) groups excluding carboxylic acids is 1. The second-order valence-electron chi connectivity index (χ2n) is 7.29. The molecule has 0 aromatic carbocycles. The van der Waals surface area contributed by atoms with E-state index >= 15 is 0 Å². The van der Waals surface area contributed by atoms with E-state index < -0.39 is 0 Å². The zero-order valence-corrected chi connectivity index (χ0v) is 13.4. The van der Waals surface area contributed by atoms with Gasteiger partial charge in [0.2, 0.25) is 0 Å². The standard InChI is InChI=1S/C17H26N2O2/c1-4-21-13-7-5-6-12(8-13)19-11-18-14-9-17(2,3)10-15(20)16(14)19/h11-13H,4-10H2,1-3H3/t12-,13-/m1/s1. The summed E-state index contributed by atoms with van der Waals surface area (Å²) in [5, 5.41) is 0. The molecule has 1 aromatic heterocycles. The Bertz CT molecular complexity index is 531. The molecule has 4 heteroatoms. The summed E-state index contributed by atoms with van der Waals surface area (Å²) in [4.78, 5) is 17.1. The first-order valence-corrected chi connectivity index (χ1v) is 8.20. The molecule has 0 aliphatic heterocycles. The van der Waals surface area contributed by atoms with Crippen LogP contribution >= 0.6 is 0 Å². The number of fused-ring (bicyclic) bond motifs is 1. The highest BCUT2D eigenvalue weighted by molar-refractivity contribution is 5.97. The molecule has 2 atom stereocenters. The van der Waals surface area contributed by atoms with Gasteiger partial charge in [0.25, 0.3) is 0 Å². The first-order valence-electron chi connectivity index (χ1n) is 8.20. The molecule has 0 bridgehead atoms. The Morgan fingerprint density at radius 2 is 2.19 bits per heavy atom. The molecule has 0 saturated heterocycles. The molecule has 0 amide bonds. The maximum Gasteiger partial charge on any atom is 0.181 e. The van der Waals surface area contributed by atoms with Crippen LogP contribution < -0.4 is 0 Å². The second kappa shape index (κ2) is 5.56. The predicted molar refractivity (Wildman–Crippen MR) is 81.6 cm³/mol. The zero-order valence-electron chi connectivity index (χ0n) is 13.4. The SMILES string of the molecule is CCO[C@@H]1CCC[C@@H](n2cnc3c2C(=O)CC(C)(C)C3)C1. The lowest BCUT2D eigenvalue weighted by atomic mass is 9.77. The number of imidazole rings is 1. The first-order chi connectivity index (χ1) is 10.00. The van der Waals surface area contributed by atoms with Crippen LogP contribution in [0.5, 0.6) is 0 Å². The quantitative estimate of drug-likeness (QED) is 0.855. The van der Waals surface area contributed by atoms with Crippen molar-refractivity contribution in [3.8, 4) is 0 Å². The number of rotatable bonds is 3. The van der Waals surface area contributed by atoms with Crippen molar-refractivity contribution >= 4 is 5.78 Å². The van der Waals surface area contributed by atoms with Gasteiger partial charge in [0.15, 0.2) is 5.78 Å². The normalized spacial score (nSPS) is 28.4. The molecule has 4 nitrogen and oxygen atoms in total. The van der Waals surface area contributed by atoms with Crippen molar-refractivity contribution in [2.24, 2.45) is 5.41 Å². The van der Waals surface area contributed by atoms with Gasteiger partial charge < -0.3 is 9.30 Å². The molecule has 0 unspecified atom stereocenters. The van der Waals surface area contributed by atoms with E-state index in [9.17, 15) is 4.79 Å². The van der Waals surface area contributed by atoms with Crippen LogP contribution in [0, 0.1) is 5.41 Å². The monoisotopic (exact) mass is 290 g/mol. The van der Waals surface area contributed by atoms with E-state index in [1.165, 1.54) is 6.42 Å². The molecule has 116 valence electrons. The topological polar surface area (TPSA) is 44.1 Å². The molecular weight excluding hydrogens is 264 g/mol. The van der Waals surface area contributed by atoms with Gasteiger partial charge in [-0.05, 0) is 44.4 Å². The smallest absolute Gasteiger partial charge is 0.181 e. The Kier molecular flexibility index (Phi) is 3.91. The van der Waals surface area contributed by atoms with Crippen molar-refractivity contribution in [3.05, 3.63) is 17.7 Å². The third kappa shape index (κ3) is 2.91. The van der Waals surface area contributed by atoms with E-state index in [1.54, 1.807) is 0 Å². The number of aromatic nitrogens is 2. The van der Waals surface area contributed by atoms with Gasteiger partial charge in [-0.2, -0.15) is 0 Å². The van der Waals surface area contributed by atoms with Gasteiger partial charge in [0, 0.05) is 19.1 Å². The van der Waals surface area contributed by atoms with E-state index in [1.807, 2.05) is 13.3 Å². The maximum atomic E-state index is 12.5. The Morgan fingerprint density at radius 1 is 1.38 bits per heavy atom. The van der Waals surface area contributed by atoms with Crippen LogP contribution in [0.15, 0.2) is 6.33 Å². The lowest BCUT2D eigenvalue weighted by Crippen LogP contribution is -2.31. The predicted octanol–water partition coefficient (Wildman–Crippen LogP) is 3.56. The van der Waals surface area contributed by atoms with Crippen LogP contribution in [0.2, 0.25) is 0 Å². The average Bonchev–Trinajstić information content (AvgIpc) is 2.82. The number of Topliss-reactive ketones (excluding diaryl/α,β-unsaturated/α-hetero) is 1. The number of carbonyl (C=O) groups is 1. The van der Waals surface area contributed by atoms with Crippen molar-refractivity contribution < 1.29 is 9.53 Å². The van der Waals surface area contributed by atoms with Crippen LogP contribution in [-0.4, -0.2) is 28.0 Å². The lowest BCUT2D eigenvalue weighted by Gasteiger charge is -2.33. The summed E-state index contributed by atoms with van der Waals surface area (Å²) >= 11 is 0. The molecule has 1 fully saturated rings. The highest BCUT2D eigenvalue weighted by Gasteiger charge is 2.36. The van der Waals surface area contributed by atoms with Crippen LogP contribution in [0.1, 0.15) is 75.1 Å². The van der Waals surface area contributed by atoms with Crippen LogP contribution in [0.3, 0.4) is 0 Å². The summed E-state index contributed by atoms with van der Waals surface area (Å²) in [7, 11) is 0. The molecule has 3 rings (SSSR count). The molecular formula is C17H26N2O2.